The smallest absolute Gasteiger partial charge is 0.267 e. The molecule has 3 rings (SSSR count). The summed E-state index contributed by atoms with van der Waals surface area (Å²) in [7, 11) is 2.95. The van der Waals surface area contributed by atoms with Crippen molar-refractivity contribution in [3.8, 4) is 5.75 Å². The van der Waals surface area contributed by atoms with Crippen molar-refractivity contribution < 1.29 is 14.3 Å². The van der Waals surface area contributed by atoms with Gasteiger partial charge in [-0.2, -0.15) is 4.98 Å². The van der Waals surface area contributed by atoms with Crippen LogP contribution >= 0.6 is 0 Å². The molecule has 1 aromatic carbocycles. The van der Waals surface area contributed by atoms with Gasteiger partial charge >= 0.3 is 0 Å². The molecule has 11 heteroatoms. The highest BCUT2D eigenvalue weighted by atomic mass is 16.5. The minimum Gasteiger partial charge on any atom is -0.496 e. The third kappa shape index (κ3) is 5.17. The minimum atomic E-state index is -0.927. The number of carbonyl (C=O) groups is 2. The molecule has 8 N–H and O–H groups in total. The number of primary amides is 1. The maximum atomic E-state index is 12.5. The normalized spacial score (nSPS) is 15.0. The lowest BCUT2D eigenvalue weighted by atomic mass is 9.82. The van der Waals surface area contributed by atoms with Crippen LogP contribution in [0.25, 0.3) is 0 Å². The van der Waals surface area contributed by atoms with Crippen LogP contribution < -0.4 is 37.7 Å². The van der Waals surface area contributed by atoms with E-state index in [1.807, 2.05) is 0 Å². The molecule has 0 atom stereocenters. The van der Waals surface area contributed by atoms with Crippen LogP contribution in [0.3, 0.4) is 0 Å². The van der Waals surface area contributed by atoms with Crippen molar-refractivity contribution in [3.05, 3.63) is 39.7 Å². The summed E-state index contributed by atoms with van der Waals surface area (Å²) in [5.41, 5.74) is 11.3. The summed E-state index contributed by atoms with van der Waals surface area (Å²) >= 11 is 0. The van der Waals surface area contributed by atoms with Crippen LogP contribution in [0, 0.1) is 0 Å². The van der Waals surface area contributed by atoms with Crippen molar-refractivity contribution in [1.29, 1.82) is 0 Å². The Labute approximate surface area is 185 Å². The Morgan fingerprint density at radius 3 is 2.59 bits per heavy atom. The summed E-state index contributed by atoms with van der Waals surface area (Å²) in [5, 5.41) is 8.54. The number of aromatic nitrogens is 2. The molecule has 0 bridgehead atoms. The van der Waals surface area contributed by atoms with E-state index >= 15 is 0 Å². The maximum Gasteiger partial charge on any atom is 0.267 e. The van der Waals surface area contributed by atoms with E-state index in [9.17, 15) is 14.4 Å². The number of aromatic amines is 1. The molecule has 0 radical (unpaired) electrons. The zero-order valence-corrected chi connectivity index (χ0v) is 18.2. The quantitative estimate of drug-likeness (QED) is 0.350. The van der Waals surface area contributed by atoms with Crippen LogP contribution in [0.5, 0.6) is 5.75 Å². The molecule has 1 aliphatic carbocycles. The number of nitrogens with two attached hydrogens (primary N) is 2. The monoisotopic (exact) mass is 443 g/mol. The summed E-state index contributed by atoms with van der Waals surface area (Å²) in [6.07, 6.45) is 5.04. The molecule has 172 valence electrons. The Hall–Kier alpha value is -3.60. The molecule has 11 nitrogen and oxygen atoms in total. The fraction of sp³-hybridized carbons (Fsp3) is 0.429. The lowest BCUT2D eigenvalue weighted by molar-refractivity contribution is 0.0958. The van der Waals surface area contributed by atoms with E-state index in [2.05, 4.69) is 25.9 Å². The third-order valence-electron chi connectivity index (χ3n) is 5.56. The molecule has 1 heterocycles. The Balaban J connectivity index is 1.90. The van der Waals surface area contributed by atoms with E-state index in [4.69, 9.17) is 16.2 Å². The molecule has 0 unspecified atom stereocenters. The van der Waals surface area contributed by atoms with E-state index in [-0.39, 0.29) is 28.8 Å². The standard InChI is InChI=1S/C21H29N7O4/c1-24-18(30)13-7-6-12(10-14(13)32-2)26-17-15(16(22)29)19(31)28-20(27-17)25-11-21(23)8-4-3-5-9-21/h6-7,10H,3-5,8-9,11,23H2,1-2H3,(H2,22,29)(H,24,30)(H3,25,26,27,28,31). The molecular formula is C21H29N7O4. The first-order valence-corrected chi connectivity index (χ1v) is 10.4. The van der Waals surface area contributed by atoms with E-state index in [1.54, 1.807) is 18.2 Å². The Morgan fingerprint density at radius 2 is 1.97 bits per heavy atom. The molecule has 32 heavy (non-hydrogen) atoms. The molecule has 2 aromatic rings. The second-order valence-electron chi connectivity index (χ2n) is 7.90. The van der Waals surface area contributed by atoms with Gasteiger partial charge in [-0.3, -0.25) is 19.4 Å². The number of hydrogen-bond acceptors (Lipinski definition) is 8. The van der Waals surface area contributed by atoms with Crippen LogP contribution in [-0.4, -0.2) is 48.0 Å². The lowest BCUT2D eigenvalue weighted by Gasteiger charge is -2.33. The van der Waals surface area contributed by atoms with Crippen LogP contribution in [0.15, 0.2) is 23.0 Å². The van der Waals surface area contributed by atoms with Gasteiger partial charge in [0.15, 0.2) is 5.82 Å². The third-order valence-corrected chi connectivity index (χ3v) is 5.56. The van der Waals surface area contributed by atoms with Crippen LogP contribution in [0.4, 0.5) is 17.5 Å². The van der Waals surface area contributed by atoms with Crippen molar-refractivity contribution in [3.63, 3.8) is 0 Å². The number of methoxy groups -OCH3 is 1. The number of nitrogens with one attached hydrogen (secondary N) is 4. The number of amides is 2. The van der Waals surface area contributed by atoms with Gasteiger partial charge in [0.25, 0.3) is 17.4 Å². The highest BCUT2D eigenvalue weighted by Gasteiger charge is 2.27. The van der Waals surface area contributed by atoms with E-state index in [0.717, 1.165) is 32.1 Å². The molecular weight excluding hydrogens is 414 g/mol. The van der Waals surface area contributed by atoms with Gasteiger partial charge < -0.3 is 32.2 Å². The van der Waals surface area contributed by atoms with Crippen LogP contribution in [0.1, 0.15) is 52.8 Å². The van der Waals surface area contributed by atoms with E-state index in [0.29, 0.717) is 23.5 Å². The van der Waals surface area contributed by atoms with Gasteiger partial charge in [-0.1, -0.05) is 19.3 Å². The van der Waals surface area contributed by atoms with Gasteiger partial charge in [0.1, 0.15) is 11.3 Å². The summed E-state index contributed by atoms with van der Waals surface area (Å²) in [6.45, 7) is 0.431. The predicted octanol–water partition coefficient (Wildman–Crippen LogP) is 1.05. The molecule has 0 spiro atoms. The number of carbonyl (C=O) groups excluding carboxylic acids is 2. The summed E-state index contributed by atoms with van der Waals surface area (Å²) < 4.78 is 5.28. The molecule has 1 aromatic heterocycles. The molecule has 1 fully saturated rings. The number of hydrogen-bond donors (Lipinski definition) is 6. The topological polar surface area (TPSA) is 177 Å². The van der Waals surface area contributed by atoms with E-state index < -0.39 is 11.5 Å². The van der Waals surface area contributed by atoms with Gasteiger partial charge in [-0.05, 0) is 25.0 Å². The number of benzene rings is 1. The second-order valence-corrected chi connectivity index (χ2v) is 7.90. The van der Waals surface area contributed by atoms with Crippen molar-refractivity contribution >= 4 is 29.3 Å². The lowest BCUT2D eigenvalue weighted by Crippen LogP contribution is -2.48. The average Bonchev–Trinajstić information content (AvgIpc) is 2.77. The summed E-state index contributed by atoms with van der Waals surface area (Å²) in [4.78, 5) is 43.3. The zero-order chi connectivity index (χ0) is 23.3. The largest absolute Gasteiger partial charge is 0.496 e. The first kappa shape index (κ1) is 23.1. The van der Waals surface area contributed by atoms with Gasteiger partial charge in [0, 0.05) is 30.9 Å². The number of H-pyrrole nitrogens is 1. The second kappa shape index (κ2) is 9.69. The number of rotatable bonds is 8. The van der Waals surface area contributed by atoms with Gasteiger partial charge in [0.2, 0.25) is 5.95 Å². The molecule has 2 amide bonds. The summed E-state index contributed by atoms with van der Waals surface area (Å²) in [6, 6.07) is 4.71. The number of anilines is 3. The fourth-order valence-electron chi connectivity index (χ4n) is 3.80. The van der Waals surface area contributed by atoms with Gasteiger partial charge in [0.05, 0.1) is 12.7 Å². The molecule has 1 saturated carbocycles. The first-order chi connectivity index (χ1) is 15.3. The first-order valence-electron chi connectivity index (χ1n) is 10.4. The number of ether oxygens (including phenoxy) is 1. The maximum absolute atomic E-state index is 12.5. The van der Waals surface area contributed by atoms with Crippen molar-refractivity contribution in [1.82, 2.24) is 15.3 Å². The zero-order valence-electron chi connectivity index (χ0n) is 18.2. The summed E-state index contributed by atoms with van der Waals surface area (Å²) in [5.74, 6) is -0.782. The highest BCUT2D eigenvalue weighted by Crippen LogP contribution is 2.27. The Kier molecular flexibility index (Phi) is 6.98. The van der Waals surface area contributed by atoms with Crippen molar-refractivity contribution in [2.24, 2.45) is 11.5 Å². The van der Waals surface area contributed by atoms with Gasteiger partial charge in [-0.15, -0.1) is 0 Å². The van der Waals surface area contributed by atoms with Gasteiger partial charge in [-0.25, -0.2) is 0 Å². The Bertz CT molecular complexity index is 1060. The molecule has 1 aliphatic rings. The molecule has 0 saturated heterocycles. The molecule has 0 aliphatic heterocycles. The highest BCUT2D eigenvalue weighted by molar-refractivity contribution is 5.99. The van der Waals surface area contributed by atoms with Crippen LogP contribution in [-0.2, 0) is 0 Å². The Morgan fingerprint density at radius 1 is 1.25 bits per heavy atom. The average molecular weight is 444 g/mol. The van der Waals surface area contributed by atoms with Crippen molar-refractivity contribution in [2.75, 3.05) is 31.3 Å². The van der Waals surface area contributed by atoms with Crippen LogP contribution in [0.2, 0.25) is 0 Å². The fourth-order valence-corrected chi connectivity index (χ4v) is 3.80. The SMILES string of the molecule is CNC(=O)c1ccc(Nc2nc(NCC3(N)CCCCC3)[nH]c(=O)c2C(N)=O)cc1OC. The predicted molar refractivity (Wildman–Crippen MR) is 122 cm³/mol. The number of nitrogens with zero attached hydrogens (tertiary/aromatic N) is 1. The van der Waals surface area contributed by atoms with Crippen molar-refractivity contribution in [2.45, 2.75) is 37.6 Å². The minimum absolute atomic E-state index is 0.0202. The van der Waals surface area contributed by atoms with E-state index in [1.165, 1.54) is 14.2 Å².